The van der Waals surface area contributed by atoms with Gasteiger partial charge >= 0.3 is 0 Å². The van der Waals surface area contributed by atoms with E-state index in [0.29, 0.717) is 0 Å². The second-order valence-corrected chi connectivity index (χ2v) is 11.0. The minimum Gasteiger partial charge on any atom is -0.440 e. The lowest BCUT2D eigenvalue weighted by Crippen LogP contribution is -1.95. The second-order valence-electron chi connectivity index (χ2n) is 9.82. The summed E-state index contributed by atoms with van der Waals surface area (Å²) in [7, 11) is -0.421. The highest BCUT2D eigenvalue weighted by Crippen LogP contribution is 2.48. The molecule has 2 unspecified atom stereocenters. The maximum atomic E-state index is 6.43. The predicted molar refractivity (Wildman–Crippen MR) is 178 cm³/mol. The van der Waals surface area contributed by atoms with Crippen molar-refractivity contribution in [2.75, 3.05) is 0 Å². The van der Waals surface area contributed by atoms with Gasteiger partial charge in [0.15, 0.2) is 0 Å². The van der Waals surface area contributed by atoms with Gasteiger partial charge in [-0.05, 0) is 69.8 Å². The summed E-state index contributed by atoms with van der Waals surface area (Å²) in [4.78, 5) is 0. The van der Waals surface area contributed by atoms with Crippen LogP contribution in [-0.4, -0.2) is 0 Å². The highest BCUT2D eigenvalue weighted by molar-refractivity contribution is 7.27. The molecule has 0 saturated heterocycles. The number of hydrogen-bond acceptors (Lipinski definition) is 4. The first kappa shape index (κ1) is 28.0. The van der Waals surface area contributed by atoms with E-state index in [2.05, 4.69) is 86.6 Å². The molecule has 0 aliphatic rings. The first-order chi connectivity index (χ1) is 20.8. The Hall–Kier alpha value is -4.10. The molecule has 0 saturated carbocycles. The summed E-state index contributed by atoms with van der Waals surface area (Å²) in [5.74, 6) is 3.17. The first-order valence-corrected chi connectivity index (χ1v) is 15.8. The van der Waals surface area contributed by atoms with Crippen molar-refractivity contribution in [3.63, 3.8) is 0 Å². The van der Waals surface area contributed by atoms with Crippen molar-refractivity contribution >= 4 is 39.6 Å². The number of aryl methyl sites for hydroxylation is 2. The van der Waals surface area contributed by atoms with Crippen molar-refractivity contribution in [1.82, 2.24) is 0 Å². The fourth-order valence-electron chi connectivity index (χ4n) is 5.20. The van der Waals surface area contributed by atoms with Crippen LogP contribution in [0.15, 0.2) is 121 Å². The van der Waals surface area contributed by atoms with Crippen molar-refractivity contribution in [2.24, 2.45) is 0 Å². The van der Waals surface area contributed by atoms with E-state index in [4.69, 9.17) is 18.1 Å². The van der Waals surface area contributed by atoms with Gasteiger partial charge in [-0.1, -0.05) is 111 Å². The number of hydrogen-bond donors (Lipinski definition) is 0. The van der Waals surface area contributed by atoms with Crippen LogP contribution in [0, 0.1) is 0 Å². The van der Waals surface area contributed by atoms with Gasteiger partial charge in [-0.2, -0.15) is 0 Å². The lowest BCUT2D eigenvalue weighted by molar-refractivity contribution is 0.509. The third kappa shape index (κ3) is 5.93. The second kappa shape index (κ2) is 13.3. The summed E-state index contributed by atoms with van der Waals surface area (Å²) in [6.45, 7) is 4.25. The van der Waals surface area contributed by atoms with Gasteiger partial charge in [0.1, 0.15) is 23.0 Å². The summed E-state index contributed by atoms with van der Waals surface area (Å²) >= 11 is 0. The minimum atomic E-state index is -0.211. The molecule has 0 aliphatic carbocycles. The molecule has 0 spiro atoms. The molecule has 0 aliphatic heterocycles. The normalized spacial score (nSPS) is 11.6. The highest BCUT2D eigenvalue weighted by atomic mass is 31.1. The Morgan fingerprint density at radius 1 is 0.405 bits per heavy atom. The fourth-order valence-corrected chi connectivity index (χ4v) is 6.38. The van der Waals surface area contributed by atoms with E-state index in [9.17, 15) is 0 Å². The van der Waals surface area contributed by atoms with Crippen LogP contribution in [0.2, 0.25) is 0 Å². The molecule has 210 valence electrons. The molecule has 6 aromatic rings. The molecule has 42 heavy (non-hydrogen) atoms. The average Bonchev–Trinajstić information content (AvgIpc) is 3.05. The summed E-state index contributed by atoms with van der Waals surface area (Å²) in [5, 5.41) is 4.40. The van der Waals surface area contributed by atoms with Crippen molar-refractivity contribution in [3.05, 3.63) is 132 Å². The van der Waals surface area contributed by atoms with E-state index in [1.807, 2.05) is 48.5 Å². The largest absolute Gasteiger partial charge is 0.440 e. The Morgan fingerprint density at radius 2 is 0.786 bits per heavy atom. The molecule has 0 bridgehead atoms. The maximum Gasteiger partial charge on any atom is 0.275 e. The van der Waals surface area contributed by atoms with E-state index in [0.717, 1.165) is 79.6 Å². The first-order valence-electron chi connectivity index (χ1n) is 14.1. The van der Waals surface area contributed by atoms with Crippen molar-refractivity contribution in [3.8, 4) is 34.1 Å². The standard InChI is InChI=1S/C36H32O4P2/c1-3-25-13-7-11-19-31(25)37-41-39-33-23-21-27-15-5-9-17-29(27)35(33)36-30-18-10-6-16-28(30)22-24-34(36)40-42-38-32-20-12-8-14-26(32)4-2/h5-24,41-42H,3-4H2,1-2H3. The molecule has 0 heterocycles. The monoisotopic (exact) mass is 590 g/mol. The Bertz CT molecular complexity index is 1700. The van der Waals surface area contributed by atoms with Crippen molar-refractivity contribution in [1.29, 1.82) is 0 Å². The van der Waals surface area contributed by atoms with E-state index >= 15 is 0 Å². The van der Waals surface area contributed by atoms with Crippen LogP contribution in [0.3, 0.4) is 0 Å². The summed E-state index contributed by atoms with van der Waals surface area (Å²) in [6, 6.07) is 41.2. The van der Waals surface area contributed by atoms with E-state index in [1.54, 1.807) is 0 Å². The zero-order chi connectivity index (χ0) is 28.7. The fraction of sp³-hybridized carbons (Fsp3) is 0.111. The Morgan fingerprint density at radius 3 is 1.24 bits per heavy atom. The highest BCUT2D eigenvalue weighted by Gasteiger charge is 2.20. The van der Waals surface area contributed by atoms with Crippen molar-refractivity contribution in [2.45, 2.75) is 26.7 Å². The molecule has 0 fully saturated rings. The van der Waals surface area contributed by atoms with E-state index < -0.39 is 0 Å². The number of benzene rings is 6. The third-order valence-electron chi connectivity index (χ3n) is 7.35. The van der Waals surface area contributed by atoms with E-state index in [1.165, 1.54) is 0 Å². The Labute approximate surface area is 250 Å². The smallest absolute Gasteiger partial charge is 0.275 e. The van der Waals surface area contributed by atoms with Gasteiger partial charge in [0, 0.05) is 11.1 Å². The lowest BCUT2D eigenvalue weighted by atomic mass is 9.92. The molecular weight excluding hydrogens is 558 g/mol. The lowest BCUT2D eigenvalue weighted by Gasteiger charge is -2.19. The molecular formula is C36H32O4P2. The van der Waals surface area contributed by atoms with Gasteiger partial charge in [-0.25, -0.2) is 0 Å². The van der Waals surface area contributed by atoms with Crippen LogP contribution in [0.5, 0.6) is 23.0 Å². The third-order valence-corrected chi connectivity index (χ3v) is 8.56. The van der Waals surface area contributed by atoms with E-state index in [-0.39, 0.29) is 18.1 Å². The molecule has 6 heteroatoms. The maximum absolute atomic E-state index is 6.43. The molecule has 0 aromatic heterocycles. The van der Waals surface area contributed by atoms with Crippen LogP contribution in [-0.2, 0) is 12.8 Å². The van der Waals surface area contributed by atoms with Crippen LogP contribution in [0.4, 0.5) is 0 Å². The van der Waals surface area contributed by atoms with Gasteiger partial charge in [0.05, 0.1) is 0 Å². The SMILES string of the molecule is CCc1ccccc1OPOc1ccc2ccccc2c1-c1c(OPOc2ccccc2CC)ccc2ccccc12. The molecule has 2 atom stereocenters. The molecule has 4 nitrogen and oxygen atoms in total. The van der Waals surface area contributed by atoms with Crippen molar-refractivity contribution < 1.29 is 18.1 Å². The molecule has 6 aromatic carbocycles. The van der Waals surface area contributed by atoms with Gasteiger partial charge < -0.3 is 18.1 Å². The predicted octanol–water partition coefficient (Wildman–Crippen LogP) is 10.7. The molecule has 0 radical (unpaired) electrons. The summed E-state index contributed by atoms with van der Waals surface area (Å²) in [6.07, 6.45) is 1.79. The minimum absolute atomic E-state index is 0.211. The van der Waals surface area contributed by atoms with Gasteiger partial charge in [0.2, 0.25) is 0 Å². The molecule has 0 amide bonds. The van der Waals surface area contributed by atoms with Crippen LogP contribution in [0.25, 0.3) is 32.7 Å². The van der Waals surface area contributed by atoms with Crippen LogP contribution >= 0.6 is 18.1 Å². The summed E-state index contributed by atoms with van der Waals surface area (Å²) in [5.41, 5.74) is 4.25. The topological polar surface area (TPSA) is 36.9 Å². The Balaban J connectivity index is 1.40. The van der Waals surface area contributed by atoms with Gasteiger partial charge in [-0.15, -0.1) is 0 Å². The zero-order valence-corrected chi connectivity index (χ0v) is 25.6. The number of fused-ring (bicyclic) bond motifs is 2. The van der Waals surface area contributed by atoms with Gasteiger partial charge in [-0.3, -0.25) is 0 Å². The number of rotatable bonds is 11. The summed E-state index contributed by atoms with van der Waals surface area (Å²) < 4.78 is 25.2. The zero-order valence-electron chi connectivity index (χ0n) is 23.6. The molecule has 6 rings (SSSR count). The van der Waals surface area contributed by atoms with Crippen LogP contribution < -0.4 is 18.1 Å². The van der Waals surface area contributed by atoms with Crippen LogP contribution in [0.1, 0.15) is 25.0 Å². The van der Waals surface area contributed by atoms with Gasteiger partial charge in [0.25, 0.3) is 18.1 Å². The molecule has 0 N–H and O–H groups in total. The average molecular weight is 591 g/mol. The number of para-hydroxylation sites is 2. The quantitative estimate of drug-likeness (QED) is 0.141. The Kier molecular flexibility index (Phi) is 8.85.